The third kappa shape index (κ3) is 1.53. The molecule has 3 heterocycles. The summed E-state index contributed by atoms with van der Waals surface area (Å²) in [5.74, 6) is 0.684. The van der Waals surface area contributed by atoms with Crippen molar-refractivity contribution in [2.45, 2.75) is 18.8 Å². The number of hydrogen-bond donors (Lipinski definition) is 1. The second kappa shape index (κ2) is 3.66. The molecule has 0 aliphatic carbocycles. The summed E-state index contributed by atoms with van der Waals surface area (Å²) in [7, 11) is 0. The molecule has 2 aromatic rings. The number of nitrogens with zero attached hydrogens (tertiary/aromatic N) is 2. The normalized spacial score (nSPS) is 18.4. The van der Waals surface area contributed by atoms with Crippen LogP contribution in [0.3, 0.4) is 0 Å². The van der Waals surface area contributed by atoms with Crippen molar-refractivity contribution in [2.24, 2.45) is 0 Å². The van der Waals surface area contributed by atoms with Gasteiger partial charge in [-0.1, -0.05) is 6.07 Å². The molecular formula is C12H15N3. The molecule has 1 aliphatic rings. The van der Waals surface area contributed by atoms with Crippen LogP contribution in [-0.4, -0.2) is 22.5 Å². The summed E-state index contributed by atoms with van der Waals surface area (Å²) < 4.78 is 2.22. The van der Waals surface area contributed by atoms with Crippen molar-refractivity contribution in [3.8, 4) is 0 Å². The molecule has 2 aromatic heterocycles. The summed E-state index contributed by atoms with van der Waals surface area (Å²) in [5.41, 5.74) is 2.47. The van der Waals surface area contributed by atoms with E-state index in [1.54, 1.807) is 0 Å². The first-order valence-electron chi connectivity index (χ1n) is 5.58. The van der Waals surface area contributed by atoms with E-state index in [4.69, 9.17) is 0 Å². The van der Waals surface area contributed by atoms with Crippen LogP contribution in [0.4, 0.5) is 0 Å². The smallest absolute Gasteiger partial charge is 0.136 e. The zero-order valence-electron chi connectivity index (χ0n) is 8.69. The quantitative estimate of drug-likeness (QED) is 0.762. The van der Waals surface area contributed by atoms with Crippen LogP contribution in [0.15, 0.2) is 30.6 Å². The number of hydrogen-bond acceptors (Lipinski definition) is 2. The van der Waals surface area contributed by atoms with Crippen molar-refractivity contribution in [1.29, 1.82) is 0 Å². The van der Waals surface area contributed by atoms with Crippen molar-refractivity contribution in [2.75, 3.05) is 13.1 Å². The number of piperidine rings is 1. The second-order valence-corrected chi connectivity index (χ2v) is 4.13. The summed E-state index contributed by atoms with van der Waals surface area (Å²) in [6.07, 6.45) is 6.40. The molecule has 0 atom stereocenters. The van der Waals surface area contributed by atoms with Crippen LogP contribution in [0, 0.1) is 0 Å². The van der Waals surface area contributed by atoms with E-state index in [-0.39, 0.29) is 0 Å². The van der Waals surface area contributed by atoms with Gasteiger partial charge < -0.3 is 9.72 Å². The molecule has 1 fully saturated rings. The molecule has 3 nitrogen and oxygen atoms in total. The minimum absolute atomic E-state index is 0.684. The zero-order chi connectivity index (χ0) is 10.1. The van der Waals surface area contributed by atoms with Gasteiger partial charge in [0.05, 0.1) is 0 Å². The van der Waals surface area contributed by atoms with E-state index >= 15 is 0 Å². The van der Waals surface area contributed by atoms with Gasteiger partial charge in [0.2, 0.25) is 0 Å². The molecular weight excluding hydrogens is 186 g/mol. The highest BCUT2D eigenvalue weighted by atomic mass is 15.0. The molecule has 0 bridgehead atoms. The summed E-state index contributed by atoms with van der Waals surface area (Å²) >= 11 is 0. The van der Waals surface area contributed by atoms with Gasteiger partial charge in [-0.15, -0.1) is 0 Å². The first kappa shape index (κ1) is 8.92. The largest absolute Gasteiger partial charge is 0.317 e. The van der Waals surface area contributed by atoms with Crippen LogP contribution in [0.2, 0.25) is 0 Å². The fraction of sp³-hybridized carbons (Fsp3) is 0.417. The van der Waals surface area contributed by atoms with E-state index < -0.39 is 0 Å². The van der Waals surface area contributed by atoms with Crippen LogP contribution >= 0.6 is 0 Å². The predicted molar refractivity (Wildman–Crippen MR) is 60.0 cm³/mol. The van der Waals surface area contributed by atoms with Crippen LogP contribution in [0.5, 0.6) is 0 Å². The minimum Gasteiger partial charge on any atom is -0.317 e. The number of rotatable bonds is 1. The van der Waals surface area contributed by atoms with E-state index in [0.717, 1.165) is 18.7 Å². The minimum atomic E-state index is 0.684. The lowest BCUT2D eigenvalue weighted by atomic mass is 9.94. The van der Waals surface area contributed by atoms with Crippen LogP contribution in [0.1, 0.15) is 24.5 Å². The number of nitrogens with one attached hydrogen (secondary N) is 1. The first-order valence-corrected chi connectivity index (χ1v) is 5.58. The molecule has 0 radical (unpaired) electrons. The predicted octanol–water partition coefficient (Wildman–Crippen LogP) is 1.80. The van der Waals surface area contributed by atoms with Gasteiger partial charge in [-0.05, 0) is 38.1 Å². The number of fused-ring (bicyclic) bond motifs is 1. The lowest BCUT2D eigenvalue weighted by Gasteiger charge is -2.23. The number of pyridine rings is 1. The van der Waals surface area contributed by atoms with Crippen LogP contribution < -0.4 is 5.32 Å². The van der Waals surface area contributed by atoms with Crippen molar-refractivity contribution in [3.05, 3.63) is 36.3 Å². The Hall–Kier alpha value is -1.35. The Morgan fingerprint density at radius 1 is 1.27 bits per heavy atom. The molecule has 0 amide bonds. The first-order chi connectivity index (χ1) is 7.45. The summed E-state index contributed by atoms with van der Waals surface area (Å²) in [6, 6.07) is 6.40. The van der Waals surface area contributed by atoms with Gasteiger partial charge in [0.25, 0.3) is 0 Å². The van der Waals surface area contributed by atoms with Gasteiger partial charge in [0.1, 0.15) is 5.65 Å². The average molecular weight is 201 g/mol. The highest BCUT2D eigenvalue weighted by Gasteiger charge is 2.17. The third-order valence-corrected chi connectivity index (χ3v) is 3.22. The monoisotopic (exact) mass is 201 g/mol. The van der Waals surface area contributed by atoms with Gasteiger partial charge in [0.15, 0.2) is 0 Å². The van der Waals surface area contributed by atoms with E-state index in [1.807, 2.05) is 6.20 Å². The summed E-state index contributed by atoms with van der Waals surface area (Å²) in [4.78, 5) is 4.32. The Morgan fingerprint density at radius 2 is 2.13 bits per heavy atom. The maximum atomic E-state index is 4.32. The molecule has 0 aromatic carbocycles. The maximum Gasteiger partial charge on any atom is 0.136 e. The van der Waals surface area contributed by atoms with E-state index in [1.165, 1.54) is 18.5 Å². The van der Waals surface area contributed by atoms with Gasteiger partial charge in [-0.25, -0.2) is 4.98 Å². The van der Waals surface area contributed by atoms with Crippen molar-refractivity contribution in [3.63, 3.8) is 0 Å². The molecule has 15 heavy (non-hydrogen) atoms. The Balaban J connectivity index is 2.05. The maximum absolute atomic E-state index is 4.32. The van der Waals surface area contributed by atoms with E-state index in [9.17, 15) is 0 Å². The van der Waals surface area contributed by atoms with Crippen LogP contribution in [-0.2, 0) is 0 Å². The van der Waals surface area contributed by atoms with Gasteiger partial charge >= 0.3 is 0 Å². The molecule has 1 aliphatic heterocycles. The second-order valence-electron chi connectivity index (χ2n) is 4.13. The highest BCUT2D eigenvalue weighted by Crippen LogP contribution is 2.25. The van der Waals surface area contributed by atoms with Gasteiger partial charge in [0, 0.05) is 24.0 Å². The Kier molecular flexibility index (Phi) is 2.18. The molecule has 3 rings (SSSR count). The third-order valence-electron chi connectivity index (χ3n) is 3.22. The highest BCUT2D eigenvalue weighted by molar-refractivity contribution is 5.40. The zero-order valence-corrected chi connectivity index (χ0v) is 8.69. The molecule has 78 valence electrons. The Bertz CT molecular complexity index is 455. The van der Waals surface area contributed by atoms with Gasteiger partial charge in [-0.2, -0.15) is 0 Å². The van der Waals surface area contributed by atoms with Gasteiger partial charge in [-0.3, -0.25) is 0 Å². The summed E-state index contributed by atoms with van der Waals surface area (Å²) in [5, 5.41) is 3.40. The SMILES string of the molecule is c1cc(C2CCNCC2)n2ccnc2c1. The fourth-order valence-corrected chi connectivity index (χ4v) is 2.42. The average Bonchev–Trinajstić information content (AvgIpc) is 2.78. The molecule has 0 saturated carbocycles. The molecule has 0 spiro atoms. The molecule has 1 saturated heterocycles. The molecule has 0 unspecified atom stereocenters. The van der Waals surface area contributed by atoms with Crippen molar-refractivity contribution >= 4 is 5.65 Å². The Morgan fingerprint density at radius 3 is 3.00 bits per heavy atom. The summed E-state index contributed by atoms with van der Waals surface area (Å²) in [6.45, 7) is 2.27. The lowest BCUT2D eigenvalue weighted by Crippen LogP contribution is -2.27. The van der Waals surface area contributed by atoms with E-state index in [0.29, 0.717) is 5.92 Å². The molecule has 3 heteroatoms. The van der Waals surface area contributed by atoms with Crippen molar-refractivity contribution in [1.82, 2.24) is 14.7 Å². The lowest BCUT2D eigenvalue weighted by molar-refractivity contribution is 0.451. The topological polar surface area (TPSA) is 29.3 Å². The van der Waals surface area contributed by atoms with Crippen LogP contribution in [0.25, 0.3) is 5.65 Å². The van der Waals surface area contributed by atoms with Crippen molar-refractivity contribution < 1.29 is 0 Å². The fourth-order valence-electron chi connectivity index (χ4n) is 2.42. The number of imidazole rings is 1. The molecule has 1 N–H and O–H groups in total. The Labute approximate surface area is 89.1 Å². The van der Waals surface area contributed by atoms with E-state index in [2.05, 4.69) is 39.1 Å². The number of aromatic nitrogens is 2. The standard InChI is InChI=1S/C12H15N3/c1-2-11(10-4-6-13-7-5-10)15-9-8-14-12(15)3-1/h1-3,8-10,13H,4-7H2.